The quantitative estimate of drug-likeness (QED) is 0.165. The molecule has 3 heteroatoms. The minimum atomic E-state index is -3.16. The van der Waals surface area contributed by atoms with Crippen LogP contribution in [0.15, 0.2) is 125 Å². The predicted octanol–water partition coefficient (Wildman–Crippen LogP) is 15.0. The van der Waals surface area contributed by atoms with Crippen molar-refractivity contribution in [1.29, 1.82) is 0 Å². The number of fused-ring (bicyclic) bond motifs is 5. The summed E-state index contributed by atoms with van der Waals surface area (Å²) in [4.78, 5) is 0. The van der Waals surface area contributed by atoms with Crippen LogP contribution < -0.4 is 3.27 Å². The topological polar surface area (TPSA) is 0 Å². The molecule has 0 saturated carbocycles. The van der Waals surface area contributed by atoms with Gasteiger partial charge in [-0.25, -0.2) is 0 Å². The third kappa shape index (κ3) is 7.86. The van der Waals surface area contributed by atoms with Crippen LogP contribution in [0.2, 0.25) is 0 Å². The van der Waals surface area contributed by atoms with E-state index in [9.17, 15) is 0 Å². The summed E-state index contributed by atoms with van der Waals surface area (Å²) in [5.41, 5.74) is 15.0. The van der Waals surface area contributed by atoms with Gasteiger partial charge in [-0.2, -0.15) is 0 Å². The van der Waals surface area contributed by atoms with Gasteiger partial charge in [-0.1, -0.05) is 0 Å². The third-order valence-corrected chi connectivity index (χ3v) is 19.8. The van der Waals surface area contributed by atoms with Crippen molar-refractivity contribution in [1.82, 2.24) is 0 Å². The molecule has 2 aliphatic carbocycles. The molecule has 6 aromatic carbocycles. The van der Waals surface area contributed by atoms with Crippen molar-refractivity contribution >= 4 is 52.8 Å². The van der Waals surface area contributed by atoms with Crippen LogP contribution in [0.5, 0.6) is 0 Å². The zero-order valence-electron chi connectivity index (χ0n) is 36.8. The zero-order valence-corrected chi connectivity index (χ0v) is 40.9. The van der Waals surface area contributed by atoms with Gasteiger partial charge >= 0.3 is 347 Å². The SMILES string of the molecule is CC(C)(C)c1cc2c(cc1C(C)(C)C)-c1cc(C(C)(C)C)c(C(C)(C)C)[c]([Zr]([C]3=CC=CC3)=[C](c3cccc4ccccc34)c3cccc4ccccc34)c1C2.Cl.Cl. The molecule has 0 radical (unpaired) electrons. The minimum Gasteiger partial charge on any atom is -0.147 e. The molecule has 0 bridgehead atoms. The molecule has 300 valence electrons. The fourth-order valence-electron chi connectivity index (χ4n) is 9.65. The summed E-state index contributed by atoms with van der Waals surface area (Å²) in [5.74, 6) is 0. The first-order chi connectivity index (χ1) is 26.3. The van der Waals surface area contributed by atoms with Crippen molar-refractivity contribution in [2.45, 2.75) is 118 Å². The Hall–Kier alpha value is -3.35. The number of allylic oxidation sites excluding steroid dienone is 4. The van der Waals surface area contributed by atoms with E-state index < -0.39 is 21.3 Å². The van der Waals surface area contributed by atoms with Gasteiger partial charge in [-0.05, 0) is 0 Å². The molecule has 0 saturated heterocycles. The molecule has 0 aliphatic heterocycles. The third-order valence-electron chi connectivity index (χ3n) is 12.2. The molecule has 0 unspecified atom stereocenters. The Balaban J connectivity index is 0.00000283. The van der Waals surface area contributed by atoms with E-state index in [-0.39, 0.29) is 46.5 Å². The van der Waals surface area contributed by atoms with Crippen LogP contribution in [0.3, 0.4) is 0 Å². The van der Waals surface area contributed by atoms with E-state index in [0.29, 0.717) is 0 Å². The molecule has 0 spiro atoms. The van der Waals surface area contributed by atoms with Crippen molar-refractivity contribution in [2.24, 2.45) is 0 Å². The van der Waals surface area contributed by atoms with Crippen molar-refractivity contribution in [3.8, 4) is 11.1 Å². The normalized spacial score (nSPS) is 13.8. The van der Waals surface area contributed by atoms with Gasteiger partial charge in [-0.15, -0.1) is 24.8 Å². The Morgan fingerprint density at radius 3 is 1.48 bits per heavy atom. The summed E-state index contributed by atoms with van der Waals surface area (Å²) in [6.07, 6.45) is 9.32. The first kappa shape index (κ1) is 44.2. The minimum absolute atomic E-state index is 0. The van der Waals surface area contributed by atoms with Crippen molar-refractivity contribution < 1.29 is 21.3 Å². The second kappa shape index (κ2) is 15.9. The molecule has 6 aromatic rings. The van der Waals surface area contributed by atoms with Gasteiger partial charge in [0.2, 0.25) is 0 Å². The summed E-state index contributed by atoms with van der Waals surface area (Å²) in [5, 5.41) is 5.34. The molecule has 0 nitrogen and oxygen atoms in total. The Kier molecular flexibility index (Phi) is 12.1. The van der Waals surface area contributed by atoms with Crippen LogP contribution in [0.4, 0.5) is 0 Å². The van der Waals surface area contributed by atoms with Crippen molar-refractivity contribution in [2.75, 3.05) is 0 Å². The van der Waals surface area contributed by atoms with Crippen LogP contribution >= 0.6 is 24.8 Å². The maximum absolute atomic E-state index is 3.16. The maximum atomic E-state index is 2.66. The van der Waals surface area contributed by atoms with E-state index in [1.807, 2.05) is 0 Å². The number of hydrogen-bond donors (Lipinski definition) is 0. The summed E-state index contributed by atoms with van der Waals surface area (Å²) in [6.45, 7) is 29.2. The van der Waals surface area contributed by atoms with Gasteiger partial charge in [0, 0.05) is 0 Å². The van der Waals surface area contributed by atoms with Gasteiger partial charge in [0.05, 0.1) is 0 Å². The van der Waals surface area contributed by atoms with Gasteiger partial charge in [0.15, 0.2) is 0 Å². The van der Waals surface area contributed by atoms with Crippen LogP contribution in [0.25, 0.3) is 32.7 Å². The molecule has 0 N–H and O–H groups in total. The smallest absolute Gasteiger partial charge is 0.147 e. The van der Waals surface area contributed by atoms with Gasteiger partial charge in [-0.3, -0.25) is 0 Å². The monoisotopic (exact) mass is 882 g/mol. The molecule has 2 aliphatic rings. The standard InChI is InChI=1S/C29H41.C21H14.C5H5.2ClH.Zr/c1-26(2,3)22-14-18-13-19-15-23(27(4,5)6)25(29(10,11)12)17-21(19)20(18)16-24(22)28(7,8)9;1-3-13-20-16(7-1)9-5-11-18(20)15-19-12-6-10-17-8-2-4-14-21(17)19;1-2-4-5-3-1;;;/h14,16-17H,13H2,1-12H3;1-14H;1-3H,4H2;2*1H;. The number of benzene rings is 6. The summed E-state index contributed by atoms with van der Waals surface area (Å²) in [6, 6.07) is 40.2. The van der Waals surface area contributed by atoms with E-state index in [2.05, 4.69) is 204 Å². The molecule has 58 heavy (non-hydrogen) atoms. The predicted molar refractivity (Wildman–Crippen MR) is 257 cm³/mol. The molecule has 0 fully saturated rings. The second-order valence-electron chi connectivity index (χ2n) is 20.6. The van der Waals surface area contributed by atoms with Crippen molar-refractivity contribution in [3.05, 3.63) is 169 Å². The van der Waals surface area contributed by atoms with E-state index in [1.54, 1.807) is 20.9 Å². The Morgan fingerprint density at radius 2 is 1.00 bits per heavy atom. The van der Waals surface area contributed by atoms with Crippen LogP contribution in [0.1, 0.15) is 134 Å². The Labute approximate surface area is 369 Å². The summed E-state index contributed by atoms with van der Waals surface area (Å²) < 4.78 is 5.00. The Morgan fingerprint density at radius 1 is 0.517 bits per heavy atom. The average molecular weight is 885 g/mol. The number of halogens is 2. The van der Waals surface area contributed by atoms with E-state index in [0.717, 1.165) is 12.8 Å². The molecule has 0 aromatic heterocycles. The Bertz CT molecular complexity index is 2570. The molecule has 0 heterocycles. The van der Waals surface area contributed by atoms with E-state index in [4.69, 9.17) is 0 Å². The first-order valence-electron chi connectivity index (χ1n) is 20.8. The average Bonchev–Trinajstić information content (AvgIpc) is 3.79. The van der Waals surface area contributed by atoms with Crippen LogP contribution in [-0.4, -0.2) is 3.21 Å². The van der Waals surface area contributed by atoms with Crippen LogP contribution in [0, 0.1) is 0 Å². The molecular weight excluding hydrogens is 823 g/mol. The fourth-order valence-corrected chi connectivity index (χ4v) is 18.8. The molecule has 8 rings (SSSR count). The van der Waals surface area contributed by atoms with Gasteiger partial charge in [0.1, 0.15) is 0 Å². The maximum Gasteiger partial charge on any atom is -0.147 e. The number of rotatable bonds is 4. The fraction of sp³-hybridized carbons (Fsp3) is 0.327. The first-order valence-corrected chi connectivity index (χ1v) is 24.5. The van der Waals surface area contributed by atoms with Gasteiger partial charge < -0.3 is 0 Å². The summed E-state index contributed by atoms with van der Waals surface area (Å²) >= 11 is -3.16. The van der Waals surface area contributed by atoms with E-state index in [1.165, 1.54) is 66.1 Å². The molecule has 0 atom stereocenters. The van der Waals surface area contributed by atoms with Gasteiger partial charge in [0.25, 0.3) is 0 Å². The summed E-state index contributed by atoms with van der Waals surface area (Å²) in [7, 11) is 0. The van der Waals surface area contributed by atoms with E-state index >= 15 is 0 Å². The van der Waals surface area contributed by atoms with Crippen molar-refractivity contribution in [3.63, 3.8) is 0 Å². The molecular formula is C55H62Cl2Zr. The number of hydrogen-bond acceptors (Lipinski definition) is 0. The van der Waals surface area contributed by atoms with Crippen LogP contribution in [-0.2, 0) is 49.3 Å². The zero-order chi connectivity index (χ0) is 39.9. The molecule has 0 amide bonds. The second-order valence-corrected chi connectivity index (χ2v) is 26.4. The largest absolute Gasteiger partial charge is 0.147 e.